The molecule has 1 atom stereocenters. The van der Waals surface area contributed by atoms with Crippen molar-refractivity contribution in [2.45, 2.75) is 19.5 Å². The van der Waals surface area contributed by atoms with Crippen LogP contribution in [-0.4, -0.2) is 21.9 Å². The van der Waals surface area contributed by atoms with Gasteiger partial charge in [-0.3, -0.25) is 9.78 Å². The minimum atomic E-state index is -0.588. The van der Waals surface area contributed by atoms with Gasteiger partial charge in [0, 0.05) is 23.7 Å². The van der Waals surface area contributed by atoms with Crippen LogP contribution in [0.2, 0.25) is 0 Å². The molecule has 146 valence electrons. The van der Waals surface area contributed by atoms with Gasteiger partial charge < -0.3 is 20.4 Å². The van der Waals surface area contributed by atoms with E-state index >= 15 is 0 Å². The molecule has 4 rings (SSSR count). The molecule has 0 saturated heterocycles. The summed E-state index contributed by atoms with van der Waals surface area (Å²) in [6.45, 7) is 1.89. The maximum Gasteiger partial charge on any atom is 0.319 e. The summed E-state index contributed by atoms with van der Waals surface area (Å²) in [6, 6.07) is 12.1. The molecule has 0 aliphatic carbocycles. The summed E-state index contributed by atoms with van der Waals surface area (Å²) in [7, 11) is 0. The summed E-state index contributed by atoms with van der Waals surface area (Å²) >= 11 is 0. The number of hydrogen-bond donors (Lipinski definition) is 3. The summed E-state index contributed by atoms with van der Waals surface area (Å²) in [6.07, 6.45) is 4.78. The van der Waals surface area contributed by atoms with E-state index in [0.717, 1.165) is 11.1 Å². The Morgan fingerprint density at radius 1 is 1.21 bits per heavy atom. The highest BCUT2D eigenvalue weighted by atomic mass is 16.3. The number of nitrogens with one attached hydrogen (secondary N) is 3. The maximum atomic E-state index is 12.9. The first-order valence-corrected chi connectivity index (χ1v) is 9.08. The number of oxazole rings is 1. The van der Waals surface area contributed by atoms with E-state index in [0.29, 0.717) is 22.9 Å². The molecule has 29 heavy (non-hydrogen) atoms. The molecule has 1 aromatic carbocycles. The van der Waals surface area contributed by atoms with Gasteiger partial charge in [-0.15, -0.1) is 0 Å². The zero-order chi connectivity index (χ0) is 20.2. The molecule has 3 amide bonds. The first-order chi connectivity index (χ1) is 14.1. The van der Waals surface area contributed by atoms with Crippen LogP contribution in [0.4, 0.5) is 4.79 Å². The number of nitrogens with zero attached hydrogens (tertiary/aromatic N) is 2. The molecule has 3 aromatic rings. The Bertz CT molecular complexity index is 1060. The number of carbonyl (C=O) groups is 2. The third-order valence-corrected chi connectivity index (χ3v) is 4.53. The molecule has 3 heterocycles. The summed E-state index contributed by atoms with van der Waals surface area (Å²) in [5.41, 5.74) is 3.09. The van der Waals surface area contributed by atoms with Crippen LogP contribution in [0.15, 0.2) is 76.8 Å². The molecule has 8 nitrogen and oxygen atoms in total. The van der Waals surface area contributed by atoms with Crippen molar-refractivity contribution in [3.05, 3.63) is 83.6 Å². The molecule has 2 aromatic heterocycles. The second-order valence-corrected chi connectivity index (χ2v) is 6.55. The Balaban J connectivity index is 1.50. The monoisotopic (exact) mass is 389 g/mol. The van der Waals surface area contributed by atoms with Crippen molar-refractivity contribution < 1.29 is 14.0 Å². The van der Waals surface area contributed by atoms with Crippen molar-refractivity contribution in [2.75, 3.05) is 0 Å². The average molecular weight is 389 g/mol. The van der Waals surface area contributed by atoms with Crippen LogP contribution in [0.5, 0.6) is 0 Å². The number of hydrogen-bond acceptors (Lipinski definition) is 5. The lowest BCUT2D eigenvalue weighted by molar-refractivity contribution is -0.118. The molecular formula is C21H19N5O3. The lowest BCUT2D eigenvalue weighted by Gasteiger charge is -2.28. The van der Waals surface area contributed by atoms with Crippen LogP contribution in [0.1, 0.15) is 24.2 Å². The highest BCUT2D eigenvalue weighted by Gasteiger charge is 2.31. The van der Waals surface area contributed by atoms with E-state index < -0.39 is 6.04 Å². The SMILES string of the molecule is CC1=C(C(=O)NCc2coc(-c3ccccc3)n2)[C@@H](c2cccnc2)NC(=O)N1. The first kappa shape index (κ1) is 18.4. The van der Waals surface area contributed by atoms with Gasteiger partial charge in [0.1, 0.15) is 6.26 Å². The lowest BCUT2D eigenvalue weighted by atomic mass is 9.96. The Hall–Kier alpha value is -3.94. The summed E-state index contributed by atoms with van der Waals surface area (Å²) in [5, 5.41) is 8.27. The largest absolute Gasteiger partial charge is 0.444 e. The van der Waals surface area contributed by atoms with Crippen LogP contribution >= 0.6 is 0 Å². The van der Waals surface area contributed by atoms with Crippen LogP contribution in [0.25, 0.3) is 11.5 Å². The summed E-state index contributed by atoms with van der Waals surface area (Å²) in [4.78, 5) is 33.3. The van der Waals surface area contributed by atoms with Crippen LogP contribution in [0.3, 0.4) is 0 Å². The Morgan fingerprint density at radius 3 is 2.79 bits per heavy atom. The molecule has 8 heteroatoms. The molecular weight excluding hydrogens is 370 g/mol. The van der Waals surface area contributed by atoms with Gasteiger partial charge in [0.15, 0.2) is 0 Å². The van der Waals surface area contributed by atoms with E-state index in [1.54, 1.807) is 25.4 Å². The van der Waals surface area contributed by atoms with E-state index in [-0.39, 0.29) is 18.5 Å². The van der Waals surface area contributed by atoms with E-state index in [2.05, 4.69) is 25.9 Å². The van der Waals surface area contributed by atoms with Crippen molar-refractivity contribution in [2.24, 2.45) is 0 Å². The first-order valence-electron chi connectivity index (χ1n) is 9.08. The predicted molar refractivity (Wildman–Crippen MR) is 105 cm³/mol. The number of carbonyl (C=O) groups excluding carboxylic acids is 2. The quantitative estimate of drug-likeness (QED) is 0.622. The van der Waals surface area contributed by atoms with Gasteiger partial charge in [0.25, 0.3) is 5.91 Å². The topological polar surface area (TPSA) is 109 Å². The number of aromatic nitrogens is 2. The van der Waals surface area contributed by atoms with Gasteiger partial charge in [-0.25, -0.2) is 9.78 Å². The van der Waals surface area contributed by atoms with Crippen molar-refractivity contribution in [3.63, 3.8) is 0 Å². The highest BCUT2D eigenvalue weighted by Crippen LogP contribution is 2.26. The molecule has 0 bridgehead atoms. The Labute approximate surface area is 167 Å². The number of benzene rings is 1. The predicted octanol–water partition coefficient (Wildman–Crippen LogP) is 2.68. The van der Waals surface area contributed by atoms with Crippen molar-refractivity contribution in [1.82, 2.24) is 25.9 Å². The third kappa shape index (κ3) is 4.01. The summed E-state index contributed by atoms with van der Waals surface area (Å²) in [5.74, 6) is 0.179. The molecule has 0 spiro atoms. The van der Waals surface area contributed by atoms with Crippen LogP contribution < -0.4 is 16.0 Å². The fourth-order valence-corrected chi connectivity index (χ4v) is 3.16. The van der Waals surface area contributed by atoms with Gasteiger partial charge in [-0.05, 0) is 30.7 Å². The van der Waals surface area contributed by atoms with Crippen molar-refractivity contribution in [1.29, 1.82) is 0 Å². The van der Waals surface area contributed by atoms with Crippen molar-refractivity contribution in [3.8, 4) is 11.5 Å². The van der Waals surface area contributed by atoms with E-state index in [9.17, 15) is 9.59 Å². The minimum absolute atomic E-state index is 0.194. The number of amides is 3. The average Bonchev–Trinajstić information content (AvgIpc) is 3.22. The number of pyridine rings is 1. The lowest BCUT2D eigenvalue weighted by Crippen LogP contribution is -2.46. The number of rotatable bonds is 5. The normalized spacial score (nSPS) is 16.2. The number of allylic oxidation sites excluding steroid dienone is 1. The molecule has 0 fully saturated rings. The van der Waals surface area contributed by atoms with Gasteiger partial charge >= 0.3 is 6.03 Å². The van der Waals surface area contributed by atoms with Crippen molar-refractivity contribution >= 4 is 11.9 Å². The standard InChI is InChI=1S/C21H19N5O3/c1-13-17(18(26-21(28)24-13)15-8-5-9-22-10-15)19(27)23-11-16-12-29-20(25-16)14-6-3-2-4-7-14/h2-10,12,18H,11H2,1H3,(H,23,27)(H2,24,26,28)/t18-/m1/s1. The molecule has 1 aliphatic rings. The van der Waals surface area contributed by atoms with E-state index in [4.69, 9.17) is 4.42 Å². The molecule has 0 unspecified atom stereocenters. The molecule has 0 radical (unpaired) electrons. The Morgan fingerprint density at radius 2 is 2.03 bits per heavy atom. The van der Waals surface area contributed by atoms with Gasteiger partial charge in [-0.2, -0.15) is 0 Å². The molecule has 1 aliphatic heterocycles. The smallest absolute Gasteiger partial charge is 0.319 e. The molecule has 3 N–H and O–H groups in total. The zero-order valence-corrected chi connectivity index (χ0v) is 15.7. The van der Waals surface area contributed by atoms with E-state index in [1.165, 1.54) is 6.26 Å². The Kier molecular flexibility index (Phi) is 5.07. The minimum Gasteiger partial charge on any atom is -0.444 e. The zero-order valence-electron chi connectivity index (χ0n) is 15.7. The van der Waals surface area contributed by atoms with Gasteiger partial charge in [0.2, 0.25) is 5.89 Å². The second-order valence-electron chi connectivity index (χ2n) is 6.55. The van der Waals surface area contributed by atoms with Crippen LogP contribution in [-0.2, 0) is 11.3 Å². The van der Waals surface area contributed by atoms with Crippen LogP contribution in [0, 0.1) is 0 Å². The summed E-state index contributed by atoms with van der Waals surface area (Å²) < 4.78 is 5.50. The fraction of sp³-hybridized carbons (Fsp3) is 0.143. The van der Waals surface area contributed by atoms with E-state index in [1.807, 2.05) is 36.4 Å². The third-order valence-electron chi connectivity index (χ3n) is 4.53. The van der Waals surface area contributed by atoms with Gasteiger partial charge in [0.05, 0.1) is 23.9 Å². The number of urea groups is 1. The highest BCUT2D eigenvalue weighted by molar-refractivity contribution is 5.98. The van der Waals surface area contributed by atoms with Gasteiger partial charge in [-0.1, -0.05) is 24.3 Å². The maximum absolute atomic E-state index is 12.9. The second kappa shape index (κ2) is 7.97. The molecule has 0 saturated carbocycles. The fourth-order valence-electron chi connectivity index (χ4n) is 3.16.